The molecule has 0 heterocycles. The van der Waals surface area contributed by atoms with Gasteiger partial charge in [-0.05, 0) is 50.3 Å². The van der Waals surface area contributed by atoms with Crippen molar-refractivity contribution in [2.45, 2.75) is 50.5 Å². The zero-order chi connectivity index (χ0) is 19.8. The Morgan fingerprint density at radius 2 is 1.96 bits per heavy atom. The molecule has 0 amide bonds. The summed E-state index contributed by atoms with van der Waals surface area (Å²) >= 11 is 0. The average molecular weight is 376 g/mol. The van der Waals surface area contributed by atoms with Crippen molar-refractivity contribution >= 4 is 11.6 Å². The number of rotatable bonds is 2. The number of fused-ring (bicyclic) bond motifs is 5. The topological polar surface area (TPSA) is 94.8 Å². The van der Waals surface area contributed by atoms with E-state index in [4.69, 9.17) is 0 Å². The zero-order valence-electron chi connectivity index (χ0n) is 15.5. The van der Waals surface area contributed by atoms with Crippen LogP contribution in [-0.2, 0) is 9.59 Å². The molecule has 0 aliphatic heterocycles. The molecule has 0 spiro atoms. The molecule has 0 aromatic carbocycles. The van der Waals surface area contributed by atoms with E-state index in [1.54, 1.807) is 19.9 Å². The first kappa shape index (κ1) is 18.7. The second-order valence-corrected chi connectivity index (χ2v) is 8.84. The van der Waals surface area contributed by atoms with Crippen LogP contribution in [0.2, 0.25) is 0 Å². The predicted octanol–water partition coefficient (Wildman–Crippen LogP) is 1.43. The lowest BCUT2D eigenvalue weighted by Gasteiger charge is -2.57. The van der Waals surface area contributed by atoms with Gasteiger partial charge in [0.1, 0.15) is 12.3 Å². The standard InChI is InChI=1S/C21H25FO5/c1-18-6-5-13(24)9-12(18)3-4-14-15-10-16(25)21(27,17(26)11-23)19(15,2)7-8-20(14,18)22/h5-9,14-16,23,25,27H,3-4,10-11H2,1-2H3/t14-,15-,16+,18-,19-,20+,21-/m0/s1. The number of ketones is 2. The van der Waals surface area contributed by atoms with Gasteiger partial charge in [0, 0.05) is 16.7 Å². The summed E-state index contributed by atoms with van der Waals surface area (Å²) in [5.41, 5.74) is -5.32. The quantitative estimate of drug-likeness (QED) is 0.634. The minimum atomic E-state index is -2.14. The Labute approximate surface area is 157 Å². The van der Waals surface area contributed by atoms with Crippen molar-refractivity contribution in [3.05, 3.63) is 36.0 Å². The lowest BCUT2D eigenvalue weighted by atomic mass is 9.48. The van der Waals surface area contributed by atoms with E-state index in [0.29, 0.717) is 12.8 Å². The zero-order valence-corrected chi connectivity index (χ0v) is 15.5. The van der Waals surface area contributed by atoms with Gasteiger partial charge in [-0.1, -0.05) is 24.6 Å². The normalized spacial score (nSPS) is 50.7. The lowest BCUT2D eigenvalue weighted by Crippen LogP contribution is -2.62. The molecule has 6 heteroatoms. The van der Waals surface area contributed by atoms with E-state index < -0.39 is 52.4 Å². The van der Waals surface area contributed by atoms with Crippen LogP contribution >= 0.6 is 0 Å². The van der Waals surface area contributed by atoms with Gasteiger partial charge < -0.3 is 15.3 Å². The maximum Gasteiger partial charge on any atom is 0.193 e. The number of alkyl halides is 1. The highest BCUT2D eigenvalue weighted by molar-refractivity contribution is 6.01. The smallest absolute Gasteiger partial charge is 0.193 e. The molecular formula is C21H25FO5. The van der Waals surface area contributed by atoms with Crippen LogP contribution in [0.5, 0.6) is 0 Å². The third-order valence-corrected chi connectivity index (χ3v) is 7.90. The lowest BCUT2D eigenvalue weighted by molar-refractivity contribution is -0.166. The van der Waals surface area contributed by atoms with E-state index in [-0.39, 0.29) is 12.2 Å². The summed E-state index contributed by atoms with van der Waals surface area (Å²) in [7, 11) is 0. The highest BCUT2D eigenvalue weighted by atomic mass is 19.1. The summed E-state index contributed by atoms with van der Waals surface area (Å²) in [6, 6.07) is 0. The number of carbonyl (C=O) groups is 2. The van der Waals surface area contributed by atoms with Gasteiger partial charge in [-0.2, -0.15) is 0 Å². The Kier molecular flexibility index (Phi) is 3.79. The number of Topliss-reactive ketones (excluding diaryl/α,β-unsaturated/α-hetero) is 1. The molecule has 7 atom stereocenters. The molecule has 0 aromatic heterocycles. The Morgan fingerprint density at radius 1 is 1.26 bits per heavy atom. The van der Waals surface area contributed by atoms with Gasteiger partial charge in [-0.15, -0.1) is 0 Å². The number of carbonyl (C=O) groups excluding carboxylic acids is 2. The van der Waals surface area contributed by atoms with Gasteiger partial charge in [-0.3, -0.25) is 9.59 Å². The molecule has 0 radical (unpaired) electrons. The van der Waals surface area contributed by atoms with Gasteiger partial charge in [0.15, 0.2) is 17.2 Å². The number of aliphatic hydroxyl groups excluding tert-OH is 2. The molecule has 2 fully saturated rings. The van der Waals surface area contributed by atoms with Crippen LogP contribution in [0.3, 0.4) is 0 Å². The van der Waals surface area contributed by atoms with Crippen molar-refractivity contribution in [2.75, 3.05) is 6.61 Å². The molecule has 4 rings (SSSR count). The SMILES string of the molecule is C[C@]12C=CC(=O)C=C1CC[C@H]1[C@@H]3C[C@@H](O)[C@](O)(C(=O)CO)[C@@]3(C)C=C[C@@]12F. The highest BCUT2D eigenvalue weighted by Crippen LogP contribution is 2.67. The fourth-order valence-corrected chi connectivity index (χ4v) is 6.16. The van der Waals surface area contributed by atoms with Crippen molar-refractivity contribution in [3.63, 3.8) is 0 Å². The van der Waals surface area contributed by atoms with Crippen molar-refractivity contribution in [1.29, 1.82) is 0 Å². The van der Waals surface area contributed by atoms with Crippen molar-refractivity contribution in [3.8, 4) is 0 Å². The van der Waals surface area contributed by atoms with Crippen LogP contribution in [0.1, 0.15) is 33.1 Å². The number of aliphatic hydroxyl groups is 3. The van der Waals surface area contributed by atoms with E-state index in [1.807, 2.05) is 0 Å². The molecule has 0 saturated heterocycles. The molecule has 5 nitrogen and oxygen atoms in total. The van der Waals surface area contributed by atoms with Crippen LogP contribution < -0.4 is 0 Å². The molecule has 4 aliphatic carbocycles. The van der Waals surface area contributed by atoms with E-state index in [2.05, 4.69) is 0 Å². The number of hydrogen-bond acceptors (Lipinski definition) is 5. The molecular weight excluding hydrogens is 351 g/mol. The van der Waals surface area contributed by atoms with Crippen LogP contribution in [0.15, 0.2) is 36.0 Å². The summed E-state index contributed by atoms with van der Waals surface area (Å²) in [6.07, 6.45) is 7.17. The summed E-state index contributed by atoms with van der Waals surface area (Å²) in [4.78, 5) is 24.1. The fourth-order valence-electron chi connectivity index (χ4n) is 6.16. The largest absolute Gasteiger partial charge is 0.390 e. The van der Waals surface area contributed by atoms with Gasteiger partial charge in [0.25, 0.3) is 0 Å². The van der Waals surface area contributed by atoms with Crippen LogP contribution in [-0.4, -0.2) is 50.9 Å². The molecule has 27 heavy (non-hydrogen) atoms. The predicted molar refractivity (Wildman–Crippen MR) is 95.3 cm³/mol. The monoisotopic (exact) mass is 376 g/mol. The fraction of sp³-hybridized carbons (Fsp3) is 0.619. The Bertz CT molecular complexity index is 815. The second-order valence-electron chi connectivity index (χ2n) is 8.84. The second kappa shape index (κ2) is 5.46. The van der Waals surface area contributed by atoms with Crippen LogP contribution in [0.4, 0.5) is 4.39 Å². The molecule has 0 bridgehead atoms. The molecule has 0 aromatic rings. The maximum absolute atomic E-state index is 16.5. The summed E-state index contributed by atoms with van der Waals surface area (Å²) in [5.74, 6) is -1.98. The molecule has 2 saturated carbocycles. The minimum Gasteiger partial charge on any atom is -0.390 e. The third-order valence-electron chi connectivity index (χ3n) is 7.90. The summed E-state index contributed by atoms with van der Waals surface area (Å²) in [6.45, 7) is 2.55. The van der Waals surface area contributed by atoms with Gasteiger partial charge in [-0.25, -0.2) is 4.39 Å². The Morgan fingerprint density at radius 3 is 2.63 bits per heavy atom. The summed E-state index contributed by atoms with van der Waals surface area (Å²) < 4.78 is 16.5. The maximum atomic E-state index is 16.5. The van der Waals surface area contributed by atoms with Gasteiger partial charge in [0.05, 0.1) is 6.10 Å². The number of halogens is 1. The van der Waals surface area contributed by atoms with Crippen molar-refractivity contribution < 1.29 is 29.3 Å². The van der Waals surface area contributed by atoms with Gasteiger partial charge >= 0.3 is 0 Å². The molecule has 0 unspecified atom stereocenters. The highest BCUT2D eigenvalue weighted by Gasteiger charge is 2.71. The van der Waals surface area contributed by atoms with E-state index >= 15 is 4.39 Å². The molecule has 3 N–H and O–H groups in total. The molecule has 4 aliphatic rings. The summed E-state index contributed by atoms with van der Waals surface area (Å²) in [5, 5.41) is 30.9. The average Bonchev–Trinajstić information content (AvgIpc) is 2.84. The third kappa shape index (κ3) is 1.99. The number of hydrogen-bond donors (Lipinski definition) is 3. The first-order valence-corrected chi connectivity index (χ1v) is 9.43. The van der Waals surface area contributed by atoms with E-state index in [9.17, 15) is 24.9 Å². The van der Waals surface area contributed by atoms with Crippen LogP contribution in [0.25, 0.3) is 0 Å². The van der Waals surface area contributed by atoms with Crippen molar-refractivity contribution in [1.82, 2.24) is 0 Å². The minimum absolute atomic E-state index is 0.0805. The first-order chi connectivity index (χ1) is 12.5. The van der Waals surface area contributed by atoms with Gasteiger partial charge in [0.2, 0.25) is 0 Å². The Balaban J connectivity index is 1.85. The molecule has 146 valence electrons. The van der Waals surface area contributed by atoms with Crippen LogP contribution in [0, 0.1) is 22.7 Å². The first-order valence-electron chi connectivity index (χ1n) is 9.43. The Hall–Kier alpha value is -1.63. The van der Waals surface area contributed by atoms with E-state index in [0.717, 1.165) is 5.57 Å². The van der Waals surface area contributed by atoms with Crippen molar-refractivity contribution in [2.24, 2.45) is 22.7 Å². The number of allylic oxidation sites excluding steroid dienone is 5. The van der Waals surface area contributed by atoms with E-state index in [1.165, 1.54) is 24.3 Å².